The van der Waals surface area contributed by atoms with E-state index in [4.69, 9.17) is 21.1 Å². The van der Waals surface area contributed by atoms with Gasteiger partial charge in [-0.15, -0.1) is 11.3 Å². The Morgan fingerprint density at radius 3 is 2.67 bits per heavy atom. The Morgan fingerprint density at radius 2 is 2.04 bits per heavy atom. The van der Waals surface area contributed by atoms with Crippen molar-refractivity contribution in [2.24, 2.45) is 4.99 Å². The summed E-state index contributed by atoms with van der Waals surface area (Å²) in [5, 5.41) is 7.07. The SMILES string of the molecule is CN=C(NCC(C)Oc1ccc(Cl)cc1)N(C)Cc1csc(C(C)OC)n1. The Labute approximate surface area is 170 Å². The molecule has 0 amide bonds. The van der Waals surface area contributed by atoms with Gasteiger partial charge < -0.3 is 19.7 Å². The predicted molar refractivity (Wildman–Crippen MR) is 112 cm³/mol. The summed E-state index contributed by atoms with van der Waals surface area (Å²) in [5.74, 6) is 1.58. The monoisotopic (exact) mass is 410 g/mol. The molecule has 2 atom stereocenters. The van der Waals surface area contributed by atoms with Crippen LogP contribution >= 0.6 is 22.9 Å². The molecule has 2 rings (SSSR count). The van der Waals surface area contributed by atoms with Crippen molar-refractivity contribution in [2.75, 3.05) is 27.7 Å². The van der Waals surface area contributed by atoms with Gasteiger partial charge in [0.15, 0.2) is 5.96 Å². The number of nitrogens with one attached hydrogen (secondary N) is 1. The quantitative estimate of drug-likeness (QED) is 0.527. The zero-order chi connectivity index (χ0) is 19.8. The molecular formula is C19H27ClN4O2S. The molecule has 1 aromatic carbocycles. The van der Waals surface area contributed by atoms with Crippen molar-refractivity contribution < 1.29 is 9.47 Å². The molecule has 0 spiro atoms. The summed E-state index contributed by atoms with van der Waals surface area (Å²) < 4.78 is 11.2. The summed E-state index contributed by atoms with van der Waals surface area (Å²) >= 11 is 7.51. The van der Waals surface area contributed by atoms with E-state index in [9.17, 15) is 0 Å². The number of hydrogen-bond donors (Lipinski definition) is 1. The lowest BCUT2D eigenvalue weighted by molar-refractivity contribution is 0.119. The topological polar surface area (TPSA) is 59.0 Å². The van der Waals surface area contributed by atoms with E-state index in [1.54, 1.807) is 25.5 Å². The van der Waals surface area contributed by atoms with E-state index in [-0.39, 0.29) is 12.2 Å². The van der Waals surface area contributed by atoms with Gasteiger partial charge in [0.25, 0.3) is 0 Å². The molecule has 0 radical (unpaired) electrons. The second-order valence-corrected chi connectivity index (χ2v) is 7.55. The van der Waals surface area contributed by atoms with Crippen molar-refractivity contribution >= 4 is 28.9 Å². The average Bonchev–Trinajstić information content (AvgIpc) is 3.12. The predicted octanol–water partition coefficient (Wildman–Crippen LogP) is 3.98. The van der Waals surface area contributed by atoms with Gasteiger partial charge in [-0.25, -0.2) is 4.98 Å². The summed E-state index contributed by atoms with van der Waals surface area (Å²) in [6.07, 6.45) is -0.0119. The maximum Gasteiger partial charge on any atom is 0.193 e. The molecule has 0 bridgehead atoms. The third kappa shape index (κ3) is 6.68. The molecule has 1 N–H and O–H groups in total. The minimum atomic E-state index is -0.0234. The molecular weight excluding hydrogens is 384 g/mol. The van der Waals surface area contributed by atoms with E-state index in [1.165, 1.54) is 0 Å². The zero-order valence-electron chi connectivity index (χ0n) is 16.4. The first-order chi connectivity index (χ1) is 12.9. The van der Waals surface area contributed by atoms with Crippen LogP contribution in [0.5, 0.6) is 5.75 Å². The fourth-order valence-electron chi connectivity index (χ4n) is 2.41. The Kier molecular flexibility index (Phi) is 8.34. The minimum absolute atomic E-state index is 0.0114. The minimum Gasteiger partial charge on any atom is -0.489 e. The molecule has 6 nitrogen and oxygen atoms in total. The summed E-state index contributed by atoms with van der Waals surface area (Å²) in [7, 11) is 5.44. The van der Waals surface area contributed by atoms with E-state index in [1.807, 2.05) is 50.1 Å². The third-order valence-corrected chi connectivity index (χ3v) is 5.25. The van der Waals surface area contributed by atoms with Crippen LogP contribution in [0.2, 0.25) is 5.02 Å². The highest BCUT2D eigenvalue weighted by atomic mass is 35.5. The van der Waals surface area contributed by atoms with Crippen LogP contribution in [0.4, 0.5) is 0 Å². The highest BCUT2D eigenvalue weighted by Gasteiger charge is 2.13. The smallest absolute Gasteiger partial charge is 0.193 e. The van der Waals surface area contributed by atoms with Crippen molar-refractivity contribution in [2.45, 2.75) is 32.6 Å². The van der Waals surface area contributed by atoms with Gasteiger partial charge in [-0.1, -0.05) is 11.6 Å². The standard InChI is InChI=1S/C19H27ClN4O2S/c1-13(26-17-8-6-15(20)7-9-17)10-22-19(21-3)24(4)11-16-12-27-18(23-16)14(2)25-5/h6-9,12-14H,10-11H2,1-5H3,(H,21,22). The molecule has 0 saturated carbocycles. The molecule has 0 fully saturated rings. The zero-order valence-corrected chi connectivity index (χ0v) is 18.0. The second kappa shape index (κ2) is 10.5. The highest BCUT2D eigenvalue weighted by molar-refractivity contribution is 7.09. The van der Waals surface area contributed by atoms with Gasteiger partial charge in [-0.05, 0) is 38.1 Å². The summed E-state index contributed by atoms with van der Waals surface area (Å²) in [5.41, 5.74) is 0.995. The van der Waals surface area contributed by atoms with Crippen LogP contribution in [-0.4, -0.2) is 49.7 Å². The molecule has 2 aromatic rings. The average molecular weight is 411 g/mol. The lowest BCUT2D eigenvalue weighted by atomic mass is 10.3. The molecule has 1 aromatic heterocycles. The largest absolute Gasteiger partial charge is 0.489 e. The first-order valence-electron chi connectivity index (χ1n) is 8.74. The molecule has 0 saturated heterocycles. The highest BCUT2D eigenvalue weighted by Crippen LogP contribution is 2.21. The number of aromatic nitrogens is 1. The number of guanidine groups is 1. The van der Waals surface area contributed by atoms with Gasteiger partial charge in [0, 0.05) is 31.6 Å². The van der Waals surface area contributed by atoms with Crippen LogP contribution in [0.3, 0.4) is 0 Å². The lowest BCUT2D eigenvalue weighted by Crippen LogP contribution is -2.42. The summed E-state index contributed by atoms with van der Waals surface area (Å²) in [4.78, 5) is 11.0. The second-order valence-electron chi connectivity index (χ2n) is 6.22. The number of thiazole rings is 1. The molecule has 27 heavy (non-hydrogen) atoms. The summed E-state index contributed by atoms with van der Waals surface area (Å²) in [6.45, 7) is 5.30. The number of nitrogens with zero attached hydrogens (tertiary/aromatic N) is 3. The van der Waals surface area contributed by atoms with E-state index >= 15 is 0 Å². The van der Waals surface area contributed by atoms with Gasteiger partial charge >= 0.3 is 0 Å². The Hall–Kier alpha value is -1.83. The first kappa shape index (κ1) is 21.5. The fraction of sp³-hybridized carbons (Fsp3) is 0.474. The van der Waals surface area contributed by atoms with Crippen LogP contribution in [0.15, 0.2) is 34.6 Å². The Balaban J connectivity index is 1.84. The number of hydrogen-bond acceptors (Lipinski definition) is 5. The van der Waals surface area contributed by atoms with Crippen LogP contribution in [0.1, 0.15) is 30.7 Å². The van der Waals surface area contributed by atoms with Crippen molar-refractivity contribution in [3.63, 3.8) is 0 Å². The van der Waals surface area contributed by atoms with Crippen LogP contribution in [0.25, 0.3) is 0 Å². The van der Waals surface area contributed by atoms with E-state index in [2.05, 4.69) is 20.7 Å². The van der Waals surface area contributed by atoms with E-state index in [0.29, 0.717) is 18.1 Å². The maximum atomic E-state index is 5.90. The number of aliphatic imine (C=N–C) groups is 1. The molecule has 2 unspecified atom stereocenters. The van der Waals surface area contributed by atoms with Gasteiger partial charge in [0.2, 0.25) is 0 Å². The maximum absolute atomic E-state index is 5.90. The normalized spacial score (nSPS) is 13.9. The van der Waals surface area contributed by atoms with E-state index in [0.717, 1.165) is 22.4 Å². The van der Waals surface area contributed by atoms with Gasteiger partial charge in [0.1, 0.15) is 23.0 Å². The Bertz CT molecular complexity index is 736. The van der Waals surface area contributed by atoms with Gasteiger partial charge in [-0.2, -0.15) is 0 Å². The number of halogens is 1. The van der Waals surface area contributed by atoms with Gasteiger partial charge in [-0.3, -0.25) is 4.99 Å². The van der Waals surface area contributed by atoms with Crippen molar-refractivity contribution in [1.82, 2.24) is 15.2 Å². The molecule has 148 valence electrons. The van der Waals surface area contributed by atoms with Crippen LogP contribution in [-0.2, 0) is 11.3 Å². The van der Waals surface area contributed by atoms with E-state index < -0.39 is 0 Å². The van der Waals surface area contributed by atoms with Gasteiger partial charge in [0.05, 0.1) is 18.8 Å². The molecule has 0 aliphatic rings. The van der Waals surface area contributed by atoms with Crippen molar-refractivity contribution in [1.29, 1.82) is 0 Å². The first-order valence-corrected chi connectivity index (χ1v) is 9.99. The number of methoxy groups -OCH3 is 1. The fourth-order valence-corrected chi connectivity index (χ4v) is 3.38. The third-order valence-electron chi connectivity index (χ3n) is 3.94. The number of rotatable bonds is 8. The lowest BCUT2D eigenvalue weighted by Gasteiger charge is -2.23. The van der Waals surface area contributed by atoms with Crippen molar-refractivity contribution in [3.8, 4) is 5.75 Å². The number of ether oxygens (including phenoxy) is 2. The number of benzene rings is 1. The molecule has 0 aliphatic heterocycles. The van der Waals surface area contributed by atoms with Crippen LogP contribution < -0.4 is 10.1 Å². The molecule has 8 heteroatoms. The summed E-state index contributed by atoms with van der Waals surface area (Å²) in [6, 6.07) is 7.35. The van der Waals surface area contributed by atoms with Crippen LogP contribution in [0, 0.1) is 0 Å². The van der Waals surface area contributed by atoms with Crippen molar-refractivity contribution in [3.05, 3.63) is 45.4 Å². The molecule has 0 aliphatic carbocycles. The molecule has 1 heterocycles. The Morgan fingerprint density at radius 1 is 1.33 bits per heavy atom.